The lowest BCUT2D eigenvalue weighted by Crippen LogP contribution is -2.14. The second kappa shape index (κ2) is 7.24. The highest BCUT2D eigenvalue weighted by molar-refractivity contribution is 8.00. The summed E-state index contributed by atoms with van der Waals surface area (Å²) in [4.78, 5) is 12.1. The van der Waals surface area contributed by atoms with Crippen LogP contribution in [0.15, 0.2) is 59.8 Å². The Morgan fingerprint density at radius 2 is 1.91 bits per heavy atom. The highest BCUT2D eigenvalue weighted by Gasteiger charge is 2.08. The van der Waals surface area contributed by atoms with Crippen molar-refractivity contribution in [2.24, 2.45) is 0 Å². The summed E-state index contributed by atoms with van der Waals surface area (Å²) in [5, 5.41) is 13.9. The van der Waals surface area contributed by atoms with Gasteiger partial charge in [-0.3, -0.25) is 4.79 Å². The summed E-state index contributed by atoms with van der Waals surface area (Å²) in [6.07, 6.45) is 2.72. The van der Waals surface area contributed by atoms with Crippen LogP contribution in [0.3, 0.4) is 0 Å². The van der Waals surface area contributed by atoms with Gasteiger partial charge in [0.2, 0.25) is 5.91 Å². The van der Waals surface area contributed by atoms with E-state index in [4.69, 9.17) is 0 Å². The van der Waals surface area contributed by atoms with Crippen LogP contribution in [0.4, 0.5) is 5.69 Å². The van der Waals surface area contributed by atoms with Crippen LogP contribution < -0.4 is 5.32 Å². The van der Waals surface area contributed by atoms with E-state index in [-0.39, 0.29) is 5.91 Å². The molecular formula is C18H17N3OS. The van der Waals surface area contributed by atoms with Crippen LogP contribution in [0.5, 0.6) is 0 Å². The number of thioether (sulfide) groups is 1. The Morgan fingerprint density at radius 3 is 2.70 bits per heavy atom. The largest absolute Gasteiger partial charge is 0.325 e. The minimum atomic E-state index is -0.0472. The summed E-state index contributed by atoms with van der Waals surface area (Å²) in [6, 6.07) is 15.8. The van der Waals surface area contributed by atoms with Gasteiger partial charge < -0.3 is 5.32 Å². The number of amides is 1. The van der Waals surface area contributed by atoms with E-state index in [0.717, 1.165) is 27.9 Å². The smallest absolute Gasteiger partial charge is 0.234 e. The molecule has 0 spiro atoms. The SMILES string of the molecule is CCc1ccc(NC(=O)CSc2nncc3ccccc23)cc1. The average molecular weight is 323 g/mol. The maximum Gasteiger partial charge on any atom is 0.234 e. The summed E-state index contributed by atoms with van der Waals surface area (Å²) in [6.45, 7) is 2.11. The van der Waals surface area contributed by atoms with Crippen molar-refractivity contribution in [3.8, 4) is 0 Å². The van der Waals surface area contributed by atoms with Crippen molar-refractivity contribution in [2.75, 3.05) is 11.1 Å². The molecule has 0 aliphatic heterocycles. The van der Waals surface area contributed by atoms with Gasteiger partial charge in [0.05, 0.1) is 11.9 Å². The quantitative estimate of drug-likeness (QED) is 0.723. The van der Waals surface area contributed by atoms with E-state index in [2.05, 4.69) is 22.4 Å². The van der Waals surface area contributed by atoms with Crippen molar-refractivity contribution >= 4 is 34.1 Å². The fourth-order valence-corrected chi connectivity index (χ4v) is 3.05. The molecule has 5 heteroatoms. The average Bonchev–Trinajstić information content (AvgIpc) is 2.60. The lowest BCUT2D eigenvalue weighted by molar-refractivity contribution is -0.113. The molecule has 1 aromatic heterocycles. The molecule has 1 heterocycles. The maximum atomic E-state index is 12.1. The zero-order valence-electron chi connectivity index (χ0n) is 12.8. The van der Waals surface area contributed by atoms with Crippen molar-refractivity contribution in [1.82, 2.24) is 10.2 Å². The molecule has 0 aliphatic rings. The first kappa shape index (κ1) is 15.5. The van der Waals surface area contributed by atoms with Crippen LogP contribution in [0, 0.1) is 0 Å². The summed E-state index contributed by atoms with van der Waals surface area (Å²) < 4.78 is 0. The molecule has 3 rings (SSSR count). The van der Waals surface area contributed by atoms with Gasteiger partial charge in [-0.25, -0.2) is 0 Å². The molecule has 116 valence electrons. The van der Waals surface area contributed by atoms with Crippen LogP contribution in [0.1, 0.15) is 12.5 Å². The van der Waals surface area contributed by atoms with Crippen molar-refractivity contribution in [3.63, 3.8) is 0 Å². The van der Waals surface area contributed by atoms with E-state index in [9.17, 15) is 4.79 Å². The third-order valence-corrected chi connectivity index (χ3v) is 4.50. The minimum absolute atomic E-state index is 0.0472. The third-order valence-electron chi connectivity index (χ3n) is 3.52. The number of benzene rings is 2. The molecule has 0 saturated heterocycles. The fourth-order valence-electron chi connectivity index (χ4n) is 2.26. The second-order valence-corrected chi connectivity index (χ2v) is 6.09. The van der Waals surface area contributed by atoms with E-state index in [1.54, 1.807) is 6.20 Å². The van der Waals surface area contributed by atoms with Gasteiger partial charge in [-0.1, -0.05) is 55.1 Å². The number of nitrogens with one attached hydrogen (secondary N) is 1. The molecule has 4 nitrogen and oxygen atoms in total. The van der Waals surface area contributed by atoms with Crippen LogP contribution in [0.25, 0.3) is 10.8 Å². The first-order valence-electron chi connectivity index (χ1n) is 7.48. The van der Waals surface area contributed by atoms with Crippen LogP contribution in [-0.4, -0.2) is 21.9 Å². The van der Waals surface area contributed by atoms with Gasteiger partial charge in [-0.2, -0.15) is 5.10 Å². The predicted octanol–water partition coefficient (Wildman–Crippen LogP) is 3.92. The number of anilines is 1. The number of carbonyl (C=O) groups excluding carboxylic acids is 1. The van der Waals surface area contributed by atoms with Crippen LogP contribution >= 0.6 is 11.8 Å². The number of nitrogens with zero attached hydrogens (tertiary/aromatic N) is 2. The van der Waals surface area contributed by atoms with Gasteiger partial charge in [0.25, 0.3) is 0 Å². The Labute approximate surface area is 139 Å². The Balaban J connectivity index is 1.63. The second-order valence-electron chi connectivity index (χ2n) is 5.12. The monoisotopic (exact) mass is 323 g/mol. The minimum Gasteiger partial charge on any atom is -0.325 e. The Bertz CT molecular complexity index is 813. The zero-order chi connectivity index (χ0) is 16.1. The van der Waals surface area contributed by atoms with E-state index >= 15 is 0 Å². The molecule has 0 atom stereocenters. The topological polar surface area (TPSA) is 54.9 Å². The lowest BCUT2D eigenvalue weighted by atomic mass is 10.1. The highest BCUT2D eigenvalue weighted by Crippen LogP contribution is 2.24. The van der Waals surface area contributed by atoms with Gasteiger partial charge in [-0.05, 0) is 24.1 Å². The van der Waals surface area contributed by atoms with Crippen LogP contribution in [-0.2, 0) is 11.2 Å². The molecule has 2 aromatic carbocycles. The van der Waals surface area contributed by atoms with Crippen LogP contribution in [0.2, 0.25) is 0 Å². The maximum absolute atomic E-state index is 12.1. The molecule has 0 fully saturated rings. The van der Waals surface area contributed by atoms with Gasteiger partial charge >= 0.3 is 0 Å². The predicted molar refractivity (Wildman–Crippen MR) is 94.7 cm³/mol. The van der Waals surface area contributed by atoms with Crippen molar-refractivity contribution in [1.29, 1.82) is 0 Å². The van der Waals surface area contributed by atoms with E-state index in [1.807, 2.05) is 48.5 Å². The molecule has 0 aliphatic carbocycles. The van der Waals surface area contributed by atoms with E-state index in [1.165, 1.54) is 17.3 Å². The summed E-state index contributed by atoms with van der Waals surface area (Å²) in [5.41, 5.74) is 2.07. The fraction of sp³-hybridized carbons (Fsp3) is 0.167. The van der Waals surface area contributed by atoms with Gasteiger partial charge in [0, 0.05) is 16.5 Å². The molecule has 1 amide bonds. The molecule has 0 saturated carbocycles. The molecule has 3 aromatic rings. The summed E-state index contributed by atoms with van der Waals surface area (Å²) >= 11 is 1.40. The number of carbonyl (C=O) groups is 1. The molecule has 1 N–H and O–H groups in total. The molecule has 0 bridgehead atoms. The number of rotatable bonds is 5. The highest BCUT2D eigenvalue weighted by atomic mass is 32.2. The van der Waals surface area contributed by atoms with Gasteiger partial charge in [0.15, 0.2) is 0 Å². The molecule has 0 radical (unpaired) electrons. The molecule has 0 unspecified atom stereocenters. The van der Waals surface area contributed by atoms with E-state index < -0.39 is 0 Å². The third kappa shape index (κ3) is 3.87. The normalized spacial score (nSPS) is 10.7. The number of aromatic nitrogens is 2. The first-order chi connectivity index (χ1) is 11.3. The molecule has 23 heavy (non-hydrogen) atoms. The standard InChI is InChI=1S/C18H17N3OS/c1-2-13-7-9-15(10-8-13)20-17(22)12-23-18-16-6-4-3-5-14(16)11-19-21-18/h3-11H,2,12H2,1H3,(H,20,22). The summed E-state index contributed by atoms with van der Waals surface area (Å²) in [5.74, 6) is 0.257. The Hall–Kier alpha value is -2.40. The van der Waals surface area contributed by atoms with E-state index in [0.29, 0.717) is 5.75 Å². The Kier molecular flexibility index (Phi) is 4.88. The molecular weight excluding hydrogens is 306 g/mol. The lowest BCUT2D eigenvalue weighted by Gasteiger charge is -2.07. The zero-order valence-corrected chi connectivity index (χ0v) is 13.6. The number of hydrogen-bond acceptors (Lipinski definition) is 4. The number of aryl methyl sites for hydroxylation is 1. The number of fused-ring (bicyclic) bond motifs is 1. The van der Waals surface area contributed by atoms with Gasteiger partial charge in [0.1, 0.15) is 5.03 Å². The summed E-state index contributed by atoms with van der Waals surface area (Å²) in [7, 11) is 0. The number of hydrogen-bond donors (Lipinski definition) is 1. The van der Waals surface area contributed by atoms with Crippen molar-refractivity contribution in [2.45, 2.75) is 18.4 Å². The Morgan fingerprint density at radius 1 is 1.13 bits per heavy atom. The van der Waals surface area contributed by atoms with Crippen molar-refractivity contribution < 1.29 is 4.79 Å². The first-order valence-corrected chi connectivity index (χ1v) is 8.47. The van der Waals surface area contributed by atoms with Crippen molar-refractivity contribution in [3.05, 3.63) is 60.3 Å². The van der Waals surface area contributed by atoms with Gasteiger partial charge in [-0.15, -0.1) is 5.10 Å².